The van der Waals surface area contributed by atoms with E-state index >= 15 is 0 Å². The number of nitrogens with one attached hydrogen (secondary N) is 2. The number of nitrogen functional groups attached to an aromatic ring is 1. The third-order valence-electron chi connectivity index (χ3n) is 2.84. The van der Waals surface area contributed by atoms with Gasteiger partial charge in [-0.05, 0) is 47.0 Å². The number of hydrogen-bond donors (Lipinski definition) is 3. The molecule has 19 heavy (non-hydrogen) atoms. The first-order chi connectivity index (χ1) is 9.06. The molecule has 2 amide bonds. The fraction of sp³-hybridized carbons (Fsp3) is 0.385. The van der Waals surface area contributed by atoms with Crippen molar-refractivity contribution in [2.24, 2.45) is 0 Å². The number of carbonyl (C=O) groups is 2. The molecule has 4 N–H and O–H groups in total. The normalized spacial score (nSPS) is 13.9. The van der Waals surface area contributed by atoms with Crippen LogP contribution in [-0.2, 0) is 4.79 Å². The summed E-state index contributed by atoms with van der Waals surface area (Å²) in [4.78, 5) is 23.2. The largest absolute Gasteiger partial charge is 0.398 e. The molecule has 102 valence electrons. The van der Waals surface area contributed by atoms with Crippen molar-refractivity contribution in [3.63, 3.8) is 0 Å². The van der Waals surface area contributed by atoms with Crippen molar-refractivity contribution in [1.29, 1.82) is 0 Å². The van der Waals surface area contributed by atoms with Gasteiger partial charge >= 0.3 is 0 Å². The molecule has 0 aromatic heterocycles. The predicted octanol–water partition coefficient (Wildman–Crippen LogP) is 1.43. The number of rotatable bonds is 5. The molecule has 5 nitrogen and oxygen atoms in total. The van der Waals surface area contributed by atoms with Gasteiger partial charge in [-0.2, -0.15) is 0 Å². The van der Waals surface area contributed by atoms with Crippen LogP contribution >= 0.6 is 15.9 Å². The quantitative estimate of drug-likeness (QED) is 0.716. The molecule has 6 heteroatoms. The minimum absolute atomic E-state index is 0.0127. The highest BCUT2D eigenvalue weighted by Gasteiger charge is 2.22. The molecule has 0 aliphatic heterocycles. The predicted molar refractivity (Wildman–Crippen MR) is 76.7 cm³/mol. The van der Waals surface area contributed by atoms with Gasteiger partial charge in [0.15, 0.2) is 0 Å². The van der Waals surface area contributed by atoms with E-state index in [1.165, 1.54) is 0 Å². The molecule has 1 saturated carbocycles. The zero-order valence-electron chi connectivity index (χ0n) is 10.4. The molecule has 1 aliphatic rings. The number of nitrogens with two attached hydrogens (primary N) is 1. The number of benzene rings is 1. The van der Waals surface area contributed by atoms with E-state index in [0.29, 0.717) is 34.7 Å². The van der Waals surface area contributed by atoms with Crippen molar-refractivity contribution in [3.05, 3.63) is 28.2 Å². The molecular formula is C13H16BrN3O2. The van der Waals surface area contributed by atoms with Gasteiger partial charge in [-0.3, -0.25) is 9.59 Å². The maximum absolute atomic E-state index is 11.8. The molecular weight excluding hydrogens is 310 g/mol. The Hall–Kier alpha value is -1.56. The fourth-order valence-corrected chi connectivity index (χ4v) is 1.97. The van der Waals surface area contributed by atoms with E-state index in [9.17, 15) is 9.59 Å². The third kappa shape index (κ3) is 4.24. The molecule has 0 spiro atoms. The first kappa shape index (κ1) is 13.9. The Morgan fingerprint density at radius 3 is 2.74 bits per heavy atom. The lowest BCUT2D eigenvalue weighted by Gasteiger charge is -2.07. The Morgan fingerprint density at radius 2 is 2.11 bits per heavy atom. The second-order valence-electron chi connectivity index (χ2n) is 4.58. The minimum Gasteiger partial charge on any atom is -0.398 e. The standard InChI is InChI=1S/C13H16BrN3O2/c14-10-7-8(1-4-11(10)15)13(19)16-6-5-12(18)17-9-2-3-9/h1,4,7,9H,2-3,5-6,15H2,(H,16,19)(H,17,18). The lowest BCUT2D eigenvalue weighted by molar-refractivity contribution is -0.121. The Balaban J connectivity index is 1.76. The van der Waals surface area contributed by atoms with Crippen LogP contribution in [0.25, 0.3) is 0 Å². The highest BCUT2D eigenvalue weighted by atomic mass is 79.9. The zero-order valence-corrected chi connectivity index (χ0v) is 12.0. The Kier molecular flexibility index (Phi) is 4.42. The van der Waals surface area contributed by atoms with Gasteiger partial charge in [0.05, 0.1) is 0 Å². The van der Waals surface area contributed by atoms with Crippen molar-refractivity contribution in [2.45, 2.75) is 25.3 Å². The van der Waals surface area contributed by atoms with Crippen LogP contribution in [0.4, 0.5) is 5.69 Å². The van der Waals surface area contributed by atoms with Gasteiger partial charge < -0.3 is 16.4 Å². The molecule has 1 aromatic carbocycles. The smallest absolute Gasteiger partial charge is 0.251 e. The van der Waals surface area contributed by atoms with Gasteiger partial charge in [-0.15, -0.1) is 0 Å². The topological polar surface area (TPSA) is 84.2 Å². The average molecular weight is 326 g/mol. The van der Waals surface area contributed by atoms with E-state index in [1.54, 1.807) is 18.2 Å². The van der Waals surface area contributed by atoms with Gasteiger partial charge in [0, 0.05) is 34.7 Å². The monoisotopic (exact) mass is 325 g/mol. The Labute approximate surface area is 120 Å². The van der Waals surface area contributed by atoms with Crippen LogP contribution in [0.1, 0.15) is 29.6 Å². The summed E-state index contributed by atoms with van der Waals surface area (Å²) in [6.07, 6.45) is 2.44. The minimum atomic E-state index is -0.208. The van der Waals surface area contributed by atoms with Gasteiger partial charge in [-0.1, -0.05) is 0 Å². The summed E-state index contributed by atoms with van der Waals surface area (Å²) in [6, 6.07) is 5.34. The highest BCUT2D eigenvalue weighted by Crippen LogP contribution is 2.20. The molecule has 1 aromatic rings. The van der Waals surface area contributed by atoms with Crippen molar-refractivity contribution in [1.82, 2.24) is 10.6 Å². The lowest BCUT2D eigenvalue weighted by Crippen LogP contribution is -2.31. The van der Waals surface area contributed by atoms with Crippen molar-refractivity contribution in [2.75, 3.05) is 12.3 Å². The third-order valence-corrected chi connectivity index (χ3v) is 3.53. The van der Waals surface area contributed by atoms with Crippen LogP contribution in [0.3, 0.4) is 0 Å². The number of amides is 2. The van der Waals surface area contributed by atoms with Crippen LogP contribution in [-0.4, -0.2) is 24.4 Å². The summed E-state index contributed by atoms with van der Waals surface area (Å²) in [6.45, 7) is 0.333. The maximum atomic E-state index is 11.8. The number of anilines is 1. The molecule has 0 bridgehead atoms. The number of hydrogen-bond acceptors (Lipinski definition) is 3. The van der Waals surface area contributed by atoms with Gasteiger partial charge in [0.1, 0.15) is 0 Å². The molecule has 1 fully saturated rings. The van der Waals surface area contributed by atoms with E-state index in [4.69, 9.17) is 5.73 Å². The second-order valence-corrected chi connectivity index (χ2v) is 5.44. The van der Waals surface area contributed by atoms with E-state index in [0.717, 1.165) is 12.8 Å². The maximum Gasteiger partial charge on any atom is 0.251 e. The average Bonchev–Trinajstić information content (AvgIpc) is 3.16. The summed E-state index contributed by atoms with van der Waals surface area (Å²) in [5, 5.41) is 5.58. The summed E-state index contributed by atoms with van der Waals surface area (Å²) in [5.74, 6) is -0.221. The Bertz CT molecular complexity index is 501. The fourth-order valence-electron chi connectivity index (χ4n) is 1.59. The van der Waals surface area contributed by atoms with E-state index < -0.39 is 0 Å². The molecule has 0 saturated heterocycles. The van der Waals surface area contributed by atoms with Gasteiger partial charge in [-0.25, -0.2) is 0 Å². The van der Waals surface area contributed by atoms with E-state index in [2.05, 4.69) is 26.6 Å². The second kappa shape index (κ2) is 6.06. The van der Waals surface area contributed by atoms with Gasteiger partial charge in [0.2, 0.25) is 5.91 Å². The SMILES string of the molecule is Nc1ccc(C(=O)NCCC(=O)NC2CC2)cc1Br. The summed E-state index contributed by atoms with van der Waals surface area (Å²) >= 11 is 3.27. The van der Waals surface area contributed by atoms with E-state index in [1.807, 2.05) is 0 Å². The summed E-state index contributed by atoms with van der Waals surface area (Å²) < 4.78 is 0.687. The molecule has 0 heterocycles. The first-order valence-electron chi connectivity index (χ1n) is 6.19. The number of halogens is 1. The zero-order chi connectivity index (χ0) is 13.8. The van der Waals surface area contributed by atoms with Crippen molar-refractivity contribution < 1.29 is 9.59 Å². The van der Waals surface area contributed by atoms with Crippen LogP contribution in [0.5, 0.6) is 0 Å². The molecule has 0 radical (unpaired) electrons. The molecule has 2 rings (SSSR count). The van der Waals surface area contributed by atoms with E-state index in [-0.39, 0.29) is 11.8 Å². The summed E-state index contributed by atoms with van der Waals surface area (Å²) in [5.41, 5.74) is 6.75. The van der Waals surface area contributed by atoms with Crippen LogP contribution in [0, 0.1) is 0 Å². The van der Waals surface area contributed by atoms with Crippen LogP contribution in [0.15, 0.2) is 22.7 Å². The molecule has 1 aliphatic carbocycles. The molecule has 0 atom stereocenters. The van der Waals surface area contributed by atoms with Crippen LogP contribution < -0.4 is 16.4 Å². The Morgan fingerprint density at radius 1 is 1.37 bits per heavy atom. The number of carbonyl (C=O) groups excluding carboxylic acids is 2. The van der Waals surface area contributed by atoms with Gasteiger partial charge in [0.25, 0.3) is 5.91 Å². The summed E-state index contributed by atoms with van der Waals surface area (Å²) in [7, 11) is 0. The van der Waals surface area contributed by atoms with Crippen molar-refractivity contribution >= 4 is 33.4 Å². The van der Waals surface area contributed by atoms with Crippen LogP contribution in [0.2, 0.25) is 0 Å². The highest BCUT2D eigenvalue weighted by molar-refractivity contribution is 9.10. The first-order valence-corrected chi connectivity index (χ1v) is 6.98. The lowest BCUT2D eigenvalue weighted by atomic mass is 10.2. The molecule has 0 unspecified atom stereocenters. The van der Waals surface area contributed by atoms with Crippen molar-refractivity contribution in [3.8, 4) is 0 Å².